The SMILES string of the molecule is CCCNC(N)=NCc1cccc(OCC(=O)N(C)C)c1.I. The number of hydrogen-bond donors (Lipinski definition) is 2. The number of aliphatic imine (C=N–C) groups is 1. The molecule has 0 fully saturated rings. The minimum Gasteiger partial charge on any atom is -0.484 e. The Morgan fingerprint density at radius 2 is 2.14 bits per heavy atom. The predicted molar refractivity (Wildman–Crippen MR) is 99.7 cm³/mol. The number of nitrogens with one attached hydrogen (secondary N) is 1. The Kier molecular flexibility index (Phi) is 10.3. The molecule has 0 saturated heterocycles. The molecule has 0 heterocycles. The van der Waals surface area contributed by atoms with Crippen molar-refractivity contribution >= 4 is 35.8 Å². The molecule has 0 aliphatic heterocycles. The van der Waals surface area contributed by atoms with Crippen molar-refractivity contribution in [2.75, 3.05) is 27.2 Å². The standard InChI is InChI=1S/C15H24N4O2.HI/c1-4-8-17-15(16)18-10-12-6-5-7-13(9-12)21-11-14(20)19(2)3;/h5-7,9H,4,8,10-11H2,1-3H3,(H3,16,17,18);1H. The number of guanidine groups is 1. The van der Waals surface area contributed by atoms with Gasteiger partial charge in [0, 0.05) is 20.6 Å². The molecule has 0 atom stereocenters. The summed E-state index contributed by atoms with van der Waals surface area (Å²) in [6.45, 7) is 3.38. The summed E-state index contributed by atoms with van der Waals surface area (Å²) >= 11 is 0. The van der Waals surface area contributed by atoms with Crippen LogP contribution in [0, 0.1) is 0 Å². The lowest BCUT2D eigenvalue weighted by Gasteiger charge is -2.11. The number of nitrogens with zero attached hydrogens (tertiary/aromatic N) is 2. The highest BCUT2D eigenvalue weighted by Crippen LogP contribution is 2.14. The Labute approximate surface area is 149 Å². The first-order valence-electron chi connectivity index (χ1n) is 6.98. The van der Waals surface area contributed by atoms with Crippen LogP contribution in [0.4, 0.5) is 0 Å². The first kappa shape index (κ1) is 20.5. The predicted octanol–water partition coefficient (Wildman–Crippen LogP) is 1.59. The summed E-state index contributed by atoms with van der Waals surface area (Å²) in [4.78, 5) is 17.2. The van der Waals surface area contributed by atoms with E-state index in [0.717, 1.165) is 18.5 Å². The summed E-state index contributed by atoms with van der Waals surface area (Å²) < 4.78 is 5.45. The number of benzene rings is 1. The lowest BCUT2D eigenvalue weighted by atomic mass is 10.2. The molecule has 0 aliphatic rings. The molecule has 1 aromatic carbocycles. The number of carbonyl (C=O) groups is 1. The fourth-order valence-electron chi connectivity index (χ4n) is 1.49. The van der Waals surface area contributed by atoms with Gasteiger partial charge in [0.05, 0.1) is 6.54 Å². The van der Waals surface area contributed by atoms with Gasteiger partial charge in [-0.1, -0.05) is 19.1 Å². The van der Waals surface area contributed by atoms with E-state index in [9.17, 15) is 4.79 Å². The van der Waals surface area contributed by atoms with E-state index < -0.39 is 0 Å². The van der Waals surface area contributed by atoms with Gasteiger partial charge < -0.3 is 20.7 Å². The lowest BCUT2D eigenvalue weighted by Crippen LogP contribution is -2.32. The van der Waals surface area contributed by atoms with Gasteiger partial charge in [0.15, 0.2) is 12.6 Å². The van der Waals surface area contributed by atoms with Crippen LogP contribution in [-0.2, 0) is 11.3 Å². The molecule has 3 N–H and O–H groups in total. The molecule has 1 rings (SSSR count). The van der Waals surface area contributed by atoms with Crippen molar-refractivity contribution in [1.29, 1.82) is 0 Å². The zero-order valence-electron chi connectivity index (χ0n) is 13.3. The van der Waals surface area contributed by atoms with Crippen molar-refractivity contribution in [2.45, 2.75) is 19.9 Å². The van der Waals surface area contributed by atoms with E-state index in [1.807, 2.05) is 24.3 Å². The van der Waals surface area contributed by atoms with E-state index in [4.69, 9.17) is 10.5 Å². The Morgan fingerprint density at radius 3 is 2.77 bits per heavy atom. The van der Waals surface area contributed by atoms with Crippen LogP contribution in [-0.4, -0.2) is 44.0 Å². The molecule has 0 aromatic heterocycles. The van der Waals surface area contributed by atoms with Gasteiger partial charge in [-0.2, -0.15) is 0 Å². The monoisotopic (exact) mass is 420 g/mol. The van der Waals surface area contributed by atoms with Crippen LogP contribution >= 0.6 is 24.0 Å². The fraction of sp³-hybridized carbons (Fsp3) is 0.467. The highest BCUT2D eigenvalue weighted by atomic mass is 127. The molecule has 0 aliphatic carbocycles. The molecule has 22 heavy (non-hydrogen) atoms. The van der Waals surface area contributed by atoms with Gasteiger partial charge in [0.25, 0.3) is 5.91 Å². The third kappa shape index (κ3) is 8.06. The Hall–Kier alpha value is -1.51. The summed E-state index contributed by atoms with van der Waals surface area (Å²) in [5.41, 5.74) is 6.71. The highest BCUT2D eigenvalue weighted by molar-refractivity contribution is 14.0. The quantitative estimate of drug-likeness (QED) is 0.399. The van der Waals surface area contributed by atoms with E-state index >= 15 is 0 Å². The second kappa shape index (κ2) is 11.1. The van der Waals surface area contributed by atoms with Gasteiger partial charge in [-0.3, -0.25) is 4.79 Å². The number of ether oxygens (including phenoxy) is 1. The number of nitrogens with two attached hydrogens (primary N) is 1. The highest BCUT2D eigenvalue weighted by Gasteiger charge is 2.05. The molecule has 7 heteroatoms. The zero-order chi connectivity index (χ0) is 15.7. The summed E-state index contributed by atoms with van der Waals surface area (Å²) in [5.74, 6) is 1.01. The molecule has 0 bridgehead atoms. The maximum absolute atomic E-state index is 11.5. The zero-order valence-corrected chi connectivity index (χ0v) is 15.7. The average Bonchev–Trinajstić information content (AvgIpc) is 2.48. The van der Waals surface area contributed by atoms with Crippen LogP contribution in [0.3, 0.4) is 0 Å². The first-order chi connectivity index (χ1) is 10.0. The van der Waals surface area contributed by atoms with Crippen molar-refractivity contribution in [3.63, 3.8) is 0 Å². The molecule has 1 aromatic rings. The third-order valence-corrected chi connectivity index (χ3v) is 2.75. The number of halogens is 1. The molecular weight excluding hydrogens is 395 g/mol. The van der Waals surface area contributed by atoms with Crippen LogP contribution in [0.15, 0.2) is 29.3 Å². The molecule has 1 amide bonds. The maximum atomic E-state index is 11.5. The van der Waals surface area contributed by atoms with Gasteiger partial charge in [0.2, 0.25) is 0 Å². The van der Waals surface area contributed by atoms with Crippen LogP contribution in [0.2, 0.25) is 0 Å². The number of amides is 1. The lowest BCUT2D eigenvalue weighted by molar-refractivity contribution is -0.130. The summed E-state index contributed by atoms with van der Waals surface area (Å²) in [6, 6.07) is 7.49. The van der Waals surface area contributed by atoms with Crippen LogP contribution < -0.4 is 15.8 Å². The van der Waals surface area contributed by atoms with Gasteiger partial charge in [-0.25, -0.2) is 4.99 Å². The first-order valence-corrected chi connectivity index (χ1v) is 6.98. The number of rotatable bonds is 7. The van der Waals surface area contributed by atoms with Crippen LogP contribution in [0.25, 0.3) is 0 Å². The number of hydrogen-bond acceptors (Lipinski definition) is 3. The summed E-state index contributed by atoms with van der Waals surface area (Å²) in [6.07, 6.45) is 0.999. The normalized spacial score (nSPS) is 10.6. The molecule has 0 radical (unpaired) electrons. The van der Waals surface area contributed by atoms with Crippen molar-refractivity contribution < 1.29 is 9.53 Å². The Morgan fingerprint density at radius 1 is 1.41 bits per heavy atom. The van der Waals surface area contributed by atoms with Crippen LogP contribution in [0.5, 0.6) is 5.75 Å². The summed E-state index contributed by atoms with van der Waals surface area (Å²) in [7, 11) is 3.39. The molecule has 6 nitrogen and oxygen atoms in total. The fourth-order valence-corrected chi connectivity index (χ4v) is 1.49. The largest absolute Gasteiger partial charge is 0.484 e. The molecule has 0 unspecified atom stereocenters. The average molecular weight is 420 g/mol. The Bertz CT molecular complexity index is 492. The van der Waals surface area contributed by atoms with E-state index in [1.54, 1.807) is 14.1 Å². The molecule has 124 valence electrons. The topological polar surface area (TPSA) is 80.0 Å². The van der Waals surface area contributed by atoms with Gasteiger partial charge >= 0.3 is 0 Å². The van der Waals surface area contributed by atoms with Crippen LogP contribution in [0.1, 0.15) is 18.9 Å². The van der Waals surface area contributed by atoms with Crippen molar-refractivity contribution in [1.82, 2.24) is 10.2 Å². The molecule has 0 saturated carbocycles. The minimum absolute atomic E-state index is 0. The molecule has 0 spiro atoms. The van der Waals surface area contributed by atoms with Gasteiger partial charge in [-0.05, 0) is 24.1 Å². The van der Waals surface area contributed by atoms with Crippen molar-refractivity contribution in [2.24, 2.45) is 10.7 Å². The Balaban J connectivity index is 0.00000441. The van der Waals surface area contributed by atoms with E-state index in [1.165, 1.54) is 4.90 Å². The van der Waals surface area contributed by atoms with Gasteiger partial charge in [0.1, 0.15) is 5.75 Å². The summed E-state index contributed by atoms with van der Waals surface area (Å²) in [5, 5.41) is 3.02. The van der Waals surface area contributed by atoms with Crippen molar-refractivity contribution in [3.05, 3.63) is 29.8 Å². The molecular formula is C15H25IN4O2. The smallest absolute Gasteiger partial charge is 0.259 e. The maximum Gasteiger partial charge on any atom is 0.259 e. The minimum atomic E-state index is -0.0774. The third-order valence-electron chi connectivity index (χ3n) is 2.75. The van der Waals surface area contributed by atoms with Gasteiger partial charge in [-0.15, -0.1) is 24.0 Å². The van der Waals surface area contributed by atoms with E-state index in [2.05, 4.69) is 17.2 Å². The van der Waals surface area contributed by atoms with E-state index in [0.29, 0.717) is 18.3 Å². The second-order valence-electron chi connectivity index (χ2n) is 4.85. The van der Waals surface area contributed by atoms with E-state index in [-0.39, 0.29) is 36.5 Å². The number of carbonyl (C=O) groups excluding carboxylic acids is 1. The van der Waals surface area contributed by atoms with Crippen molar-refractivity contribution in [3.8, 4) is 5.75 Å². The second-order valence-corrected chi connectivity index (χ2v) is 4.85. The number of likely N-dealkylation sites (N-methyl/N-ethyl adjacent to an activating group) is 1.